The Balaban J connectivity index is 1.83. The Morgan fingerprint density at radius 1 is 0.882 bits per heavy atom. The van der Waals surface area contributed by atoms with Crippen LogP contribution in [0.1, 0.15) is 44.3 Å². The van der Waals surface area contributed by atoms with Crippen LogP contribution in [0, 0.1) is 20.8 Å². The Labute approximate surface area is 204 Å². The molecule has 0 saturated heterocycles. The predicted octanol–water partition coefficient (Wildman–Crippen LogP) is 5.50. The van der Waals surface area contributed by atoms with Crippen molar-refractivity contribution < 1.29 is 22.7 Å². The molecule has 0 saturated carbocycles. The second-order valence-electron chi connectivity index (χ2n) is 7.75. The number of esters is 1. The molecule has 34 heavy (non-hydrogen) atoms. The van der Waals surface area contributed by atoms with E-state index in [-0.39, 0.29) is 27.7 Å². The average Bonchev–Trinajstić information content (AvgIpc) is 2.76. The normalized spacial score (nSPS) is 11.1. The lowest BCUT2D eigenvalue weighted by atomic mass is 10.1. The topological polar surface area (TPSA) is 102 Å². The maximum absolute atomic E-state index is 13.0. The van der Waals surface area contributed by atoms with Gasteiger partial charge in [0, 0.05) is 16.9 Å². The van der Waals surface area contributed by atoms with Crippen LogP contribution in [0.5, 0.6) is 0 Å². The van der Waals surface area contributed by atoms with E-state index < -0.39 is 21.9 Å². The van der Waals surface area contributed by atoms with Gasteiger partial charge in [0.05, 0.1) is 22.1 Å². The smallest absolute Gasteiger partial charge is 0.339 e. The number of ether oxygens (including phenoxy) is 1. The second kappa shape index (κ2) is 10.3. The minimum atomic E-state index is -3.93. The first kappa shape index (κ1) is 25.3. The van der Waals surface area contributed by atoms with Crippen molar-refractivity contribution in [3.05, 3.63) is 87.4 Å². The Bertz CT molecular complexity index is 1370. The Morgan fingerprint density at radius 3 is 2.21 bits per heavy atom. The Kier molecular flexibility index (Phi) is 7.64. The zero-order chi connectivity index (χ0) is 25.0. The molecule has 0 fully saturated rings. The molecule has 0 aliphatic carbocycles. The summed E-state index contributed by atoms with van der Waals surface area (Å²) in [5.41, 5.74) is 3.62. The van der Waals surface area contributed by atoms with E-state index >= 15 is 0 Å². The second-order valence-corrected chi connectivity index (χ2v) is 9.81. The number of carbonyl (C=O) groups is 2. The molecule has 0 spiro atoms. The van der Waals surface area contributed by atoms with Crippen molar-refractivity contribution in [2.24, 2.45) is 0 Å². The summed E-state index contributed by atoms with van der Waals surface area (Å²) in [7, 11) is -3.93. The van der Waals surface area contributed by atoms with Gasteiger partial charge in [-0.05, 0) is 86.8 Å². The summed E-state index contributed by atoms with van der Waals surface area (Å²) in [6.45, 7) is 7.40. The number of aryl methyl sites for hydroxylation is 3. The third kappa shape index (κ3) is 5.76. The molecule has 0 unspecified atom stereocenters. The third-order valence-corrected chi connectivity index (χ3v) is 7.06. The molecular formula is C25H25ClN2O5S. The molecule has 3 aromatic rings. The average molecular weight is 501 g/mol. The number of nitrogens with one attached hydrogen (secondary N) is 2. The molecule has 0 heterocycles. The SMILES string of the molecule is CCOC(=O)c1ccc(NC(=O)c2ccc(C)c(S(=O)(=O)Nc3ccc(C)c(C)c3)c2)cc1Cl. The van der Waals surface area contributed by atoms with Crippen LogP contribution in [-0.4, -0.2) is 26.9 Å². The molecule has 178 valence electrons. The van der Waals surface area contributed by atoms with Gasteiger partial charge in [0.2, 0.25) is 0 Å². The summed E-state index contributed by atoms with van der Waals surface area (Å²) in [5, 5.41) is 2.79. The van der Waals surface area contributed by atoms with E-state index in [9.17, 15) is 18.0 Å². The number of hydrogen-bond donors (Lipinski definition) is 2. The van der Waals surface area contributed by atoms with Gasteiger partial charge in [0.25, 0.3) is 15.9 Å². The van der Waals surface area contributed by atoms with Gasteiger partial charge in [0.15, 0.2) is 0 Å². The van der Waals surface area contributed by atoms with Gasteiger partial charge in [-0.2, -0.15) is 0 Å². The molecule has 0 bridgehead atoms. The van der Waals surface area contributed by atoms with E-state index in [1.165, 1.54) is 30.3 Å². The minimum absolute atomic E-state index is 0.00549. The van der Waals surface area contributed by atoms with Gasteiger partial charge >= 0.3 is 5.97 Å². The van der Waals surface area contributed by atoms with Crippen molar-refractivity contribution in [3.8, 4) is 0 Å². The fraction of sp³-hybridized carbons (Fsp3) is 0.200. The number of benzene rings is 3. The van der Waals surface area contributed by atoms with Gasteiger partial charge in [-0.15, -0.1) is 0 Å². The highest BCUT2D eigenvalue weighted by molar-refractivity contribution is 7.92. The van der Waals surface area contributed by atoms with Crippen LogP contribution < -0.4 is 10.0 Å². The Morgan fingerprint density at radius 2 is 1.56 bits per heavy atom. The highest BCUT2D eigenvalue weighted by Gasteiger charge is 2.20. The van der Waals surface area contributed by atoms with E-state index in [4.69, 9.17) is 16.3 Å². The molecule has 2 N–H and O–H groups in total. The number of halogens is 1. The summed E-state index contributed by atoms with van der Waals surface area (Å²) in [6.07, 6.45) is 0. The van der Waals surface area contributed by atoms with Gasteiger partial charge in [-0.1, -0.05) is 23.7 Å². The zero-order valence-electron chi connectivity index (χ0n) is 19.2. The fourth-order valence-electron chi connectivity index (χ4n) is 3.22. The maximum Gasteiger partial charge on any atom is 0.339 e. The van der Waals surface area contributed by atoms with Crippen molar-refractivity contribution in [2.75, 3.05) is 16.6 Å². The van der Waals surface area contributed by atoms with E-state index in [0.717, 1.165) is 11.1 Å². The highest BCUT2D eigenvalue weighted by Crippen LogP contribution is 2.25. The zero-order valence-corrected chi connectivity index (χ0v) is 20.8. The van der Waals surface area contributed by atoms with Crippen LogP contribution in [0.4, 0.5) is 11.4 Å². The van der Waals surface area contributed by atoms with E-state index in [0.29, 0.717) is 16.9 Å². The lowest BCUT2D eigenvalue weighted by Gasteiger charge is -2.13. The highest BCUT2D eigenvalue weighted by atomic mass is 35.5. The maximum atomic E-state index is 13.0. The summed E-state index contributed by atoms with van der Waals surface area (Å²) in [5.74, 6) is -1.09. The number of rotatable bonds is 7. The van der Waals surface area contributed by atoms with E-state index in [2.05, 4.69) is 10.0 Å². The van der Waals surface area contributed by atoms with Gasteiger partial charge in [-0.3, -0.25) is 9.52 Å². The molecule has 0 aromatic heterocycles. The quantitative estimate of drug-likeness (QED) is 0.417. The fourth-order valence-corrected chi connectivity index (χ4v) is 4.80. The van der Waals surface area contributed by atoms with Crippen LogP contribution >= 0.6 is 11.6 Å². The molecular weight excluding hydrogens is 476 g/mol. The van der Waals surface area contributed by atoms with Crippen LogP contribution in [-0.2, 0) is 14.8 Å². The first-order valence-corrected chi connectivity index (χ1v) is 12.4. The predicted molar refractivity (Wildman–Crippen MR) is 133 cm³/mol. The van der Waals surface area contributed by atoms with Crippen LogP contribution in [0.2, 0.25) is 5.02 Å². The molecule has 7 nitrogen and oxygen atoms in total. The van der Waals surface area contributed by atoms with Gasteiger partial charge in [-0.25, -0.2) is 13.2 Å². The number of anilines is 2. The first-order chi connectivity index (χ1) is 16.0. The van der Waals surface area contributed by atoms with E-state index in [1.54, 1.807) is 32.0 Å². The van der Waals surface area contributed by atoms with Crippen LogP contribution in [0.15, 0.2) is 59.5 Å². The molecule has 3 rings (SSSR count). The van der Waals surface area contributed by atoms with E-state index in [1.807, 2.05) is 19.9 Å². The molecule has 9 heteroatoms. The van der Waals surface area contributed by atoms with Crippen molar-refractivity contribution in [1.29, 1.82) is 0 Å². The standard InChI is InChI=1S/C25H25ClN2O5S/c1-5-33-25(30)21-11-10-19(14-22(21)26)27-24(29)18-8-6-16(3)23(13-18)34(31,32)28-20-9-7-15(2)17(4)12-20/h6-14,28H,5H2,1-4H3,(H,27,29). The largest absolute Gasteiger partial charge is 0.462 e. The van der Waals surface area contributed by atoms with Gasteiger partial charge < -0.3 is 10.1 Å². The number of carbonyl (C=O) groups excluding carboxylic acids is 2. The molecule has 3 aromatic carbocycles. The van der Waals surface area contributed by atoms with Gasteiger partial charge in [0.1, 0.15) is 0 Å². The summed E-state index contributed by atoms with van der Waals surface area (Å²) in [6, 6.07) is 14.1. The first-order valence-electron chi connectivity index (χ1n) is 10.5. The lowest BCUT2D eigenvalue weighted by Crippen LogP contribution is -2.17. The molecule has 1 amide bonds. The summed E-state index contributed by atoms with van der Waals surface area (Å²) < 4.78 is 33.6. The van der Waals surface area contributed by atoms with Crippen LogP contribution in [0.25, 0.3) is 0 Å². The number of sulfonamides is 1. The van der Waals surface area contributed by atoms with Crippen molar-refractivity contribution in [1.82, 2.24) is 0 Å². The van der Waals surface area contributed by atoms with Crippen molar-refractivity contribution in [3.63, 3.8) is 0 Å². The molecule has 0 aliphatic rings. The Hall–Kier alpha value is -3.36. The number of hydrogen-bond acceptors (Lipinski definition) is 5. The van der Waals surface area contributed by atoms with Crippen molar-refractivity contribution in [2.45, 2.75) is 32.6 Å². The molecule has 0 aliphatic heterocycles. The number of amides is 1. The molecule has 0 radical (unpaired) electrons. The monoisotopic (exact) mass is 500 g/mol. The summed E-state index contributed by atoms with van der Waals surface area (Å²) >= 11 is 6.15. The lowest BCUT2D eigenvalue weighted by molar-refractivity contribution is 0.0526. The summed E-state index contributed by atoms with van der Waals surface area (Å²) in [4.78, 5) is 24.7. The molecule has 0 atom stereocenters. The minimum Gasteiger partial charge on any atom is -0.462 e. The van der Waals surface area contributed by atoms with Crippen molar-refractivity contribution >= 4 is 44.9 Å². The van der Waals surface area contributed by atoms with Crippen LogP contribution in [0.3, 0.4) is 0 Å². The third-order valence-electron chi connectivity index (χ3n) is 5.22.